The van der Waals surface area contributed by atoms with Crippen LogP contribution in [0.25, 0.3) is 0 Å². The number of rotatable bonds is 2. The summed E-state index contributed by atoms with van der Waals surface area (Å²) in [5.74, 6) is 0.657. The molecule has 1 aliphatic heterocycles. The van der Waals surface area contributed by atoms with E-state index >= 15 is 0 Å². The van der Waals surface area contributed by atoms with Gasteiger partial charge in [-0.1, -0.05) is 22.9 Å². The molecule has 2 fully saturated rings. The Bertz CT molecular complexity index is 280. The van der Waals surface area contributed by atoms with Crippen molar-refractivity contribution in [1.82, 2.24) is 0 Å². The molecule has 0 bridgehead atoms. The molecule has 0 amide bonds. The lowest BCUT2D eigenvalue weighted by Crippen LogP contribution is -2.45. The summed E-state index contributed by atoms with van der Waals surface area (Å²) >= 11 is 5.68. The molecule has 0 aromatic carbocycles. The minimum Gasteiger partial charge on any atom is -0.352 e. The lowest BCUT2D eigenvalue weighted by Gasteiger charge is -2.41. The first-order valence-corrected chi connectivity index (χ1v) is 7.89. The zero-order chi connectivity index (χ0) is 13.4. The van der Waals surface area contributed by atoms with Gasteiger partial charge in [0.15, 0.2) is 6.29 Å². The molecule has 1 saturated heterocycles. The van der Waals surface area contributed by atoms with Crippen LogP contribution in [0.1, 0.15) is 32.6 Å². The minimum atomic E-state index is -2.87. The molecule has 18 heavy (non-hydrogen) atoms. The third-order valence-corrected chi connectivity index (χ3v) is 6.39. The van der Waals surface area contributed by atoms with Gasteiger partial charge in [-0.05, 0) is 41.6 Å². The van der Waals surface area contributed by atoms with Gasteiger partial charge in [-0.3, -0.25) is 0 Å². The van der Waals surface area contributed by atoms with Crippen LogP contribution in [0, 0.1) is 11.8 Å². The largest absolute Gasteiger partial charge is 0.352 e. The number of alkyl halides is 4. The van der Waals surface area contributed by atoms with Crippen molar-refractivity contribution in [3.63, 3.8) is 0 Å². The van der Waals surface area contributed by atoms with Crippen LogP contribution < -0.4 is 0 Å². The van der Waals surface area contributed by atoms with Gasteiger partial charge in [0, 0.05) is 11.8 Å². The van der Waals surface area contributed by atoms with Crippen molar-refractivity contribution < 1.29 is 18.3 Å². The van der Waals surface area contributed by atoms with Gasteiger partial charge in [-0.2, -0.15) is 8.78 Å². The van der Waals surface area contributed by atoms with E-state index in [9.17, 15) is 8.78 Å². The highest BCUT2D eigenvalue weighted by atomic mass is 79.9. The van der Waals surface area contributed by atoms with Crippen LogP contribution in [0.15, 0.2) is 0 Å². The Morgan fingerprint density at radius 2 is 1.67 bits per heavy atom. The molecule has 0 aromatic heterocycles. The highest BCUT2D eigenvalue weighted by Crippen LogP contribution is 2.52. The van der Waals surface area contributed by atoms with E-state index in [1.807, 2.05) is 0 Å². The van der Waals surface area contributed by atoms with Gasteiger partial charge in [0.25, 0.3) is 0 Å². The summed E-state index contributed by atoms with van der Waals surface area (Å²) in [5.41, 5.74) is 0. The summed E-state index contributed by atoms with van der Waals surface area (Å²) < 4.78 is 37.0. The smallest absolute Gasteiger partial charge is 0.316 e. The third-order valence-electron chi connectivity index (χ3n) is 3.81. The second kappa shape index (κ2) is 5.62. The van der Waals surface area contributed by atoms with E-state index in [1.165, 1.54) is 0 Å². The van der Waals surface area contributed by atoms with Crippen LogP contribution in [0.4, 0.5) is 8.78 Å². The minimum absolute atomic E-state index is 0.206. The quantitative estimate of drug-likeness (QED) is 0.653. The molecular formula is C12H18Br2F2O2. The first kappa shape index (κ1) is 15.1. The van der Waals surface area contributed by atoms with E-state index in [-0.39, 0.29) is 12.2 Å². The number of halogens is 4. The van der Waals surface area contributed by atoms with Crippen LogP contribution in [0.5, 0.6) is 0 Å². The highest BCUT2D eigenvalue weighted by molar-refractivity contribution is 9.12. The molecule has 106 valence electrons. The predicted molar refractivity (Wildman–Crippen MR) is 72.3 cm³/mol. The van der Waals surface area contributed by atoms with E-state index < -0.39 is 9.16 Å². The Labute approximate surface area is 123 Å². The lowest BCUT2D eigenvalue weighted by atomic mass is 9.81. The van der Waals surface area contributed by atoms with Crippen LogP contribution >= 0.6 is 31.9 Å². The maximum absolute atomic E-state index is 13.4. The van der Waals surface area contributed by atoms with E-state index in [2.05, 4.69) is 38.8 Å². The molecule has 6 heteroatoms. The molecule has 0 aromatic rings. The van der Waals surface area contributed by atoms with Crippen molar-refractivity contribution in [2.75, 3.05) is 13.2 Å². The number of hydrogen-bond acceptors (Lipinski definition) is 2. The topological polar surface area (TPSA) is 18.5 Å². The average Bonchev–Trinajstić information content (AvgIpc) is 2.30. The molecule has 2 nitrogen and oxygen atoms in total. The van der Waals surface area contributed by atoms with Gasteiger partial charge in [-0.25, -0.2) is 0 Å². The monoisotopic (exact) mass is 390 g/mol. The second-order valence-corrected chi connectivity index (χ2v) is 7.95. The summed E-state index contributed by atoms with van der Waals surface area (Å²) in [4.78, 5) is -2.87. The molecule has 1 aliphatic carbocycles. The Morgan fingerprint density at radius 1 is 1.17 bits per heavy atom. The Hall–Kier alpha value is 0.740. The van der Waals surface area contributed by atoms with E-state index in [0.29, 0.717) is 44.8 Å². The molecule has 0 spiro atoms. The third kappa shape index (κ3) is 3.25. The second-order valence-electron chi connectivity index (χ2n) is 5.44. The average molecular weight is 392 g/mol. The predicted octanol–water partition coefficient (Wildman–Crippen LogP) is 4.31. The van der Waals surface area contributed by atoms with E-state index in [1.54, 1.807) is 0 Å². The van der Waals surface area contributed by atoms with Gasteiger partial charge in [0.05, 0.1) is 17.5 Å². The normalized spacial score (nSPS) is 42.8. The van der Waals surface area contributed by atoms with Crippen molar-refractivity contribution in [3.05, 3.63) is 0 Å². The summed E-state index contributed by atoms with van der Waals surface area (Å²) in [7, 11) is 0. The van der Waals surface area contributed by atoms with Gasteiger partial charge in [-0.15, -0.1) is 0 Å². The van der Waals surface area contributed by atoms with E-state index in [4.69, 9.17) is 9.47 Å². The molecule has 2 aliphatic rings. The van der Waals surface area contributed by atoms with Crippen molar-refractivity contribution >= 4 is 31.9 Å². The van der Waals surface area contributed by atoms with Gasteiger partial charge in [0.2, 0.25) is 0 Å². The highest BCUT2D eigenvalue weighted by Gasteiger charge is 2.52. The van der Waals surface area contributed by atoms with Gasteiger partial charge < -0.3 is 9.47 Å². The summed E-state index contributed by atoms with van der Waals surface area (Å²) in [6, 6.07) is 0. The Balaban J connectivity index is 1.87. The number of ether oxygens (including phenoxy) is 2. The first-order chi connectivity index (χ1) is 8.32. The zero-order valence-corrected chi connectivity index (χ0v) is 13.5. The fraction of sp³-hybridized carbons (Fsp3) is 1.00. The molecular weight excluding hydrogens is 374 g/mol. The summed E-state index contributed by atoms with van der Waals surface area (Å²) in [5, 5.41) is 0. The van der Waals surface area contributed by atoms with Crippen molar-refractivity contribution in [2.45, 2.75) is 48.1 Å². The first-order valence-electron chi connectivity index (χ1n) is 6.31. The van der Waals surface area contributed by atoms with Crippen LogP contribution in [-0.4, -0.2) is 28.7 Å². The maximum Gasteiger partial charge on any atom is 0.316 e. The maximum atomic E-state index is 13.4. The number of hydrogen-bond donors (Lipinski definition) is 0. The lowest BCUT2D eigenvalue weighted by molar-refractivity contribution is -0.227. The standard InChI is InChI=1S/C12H18Br2F2O2/c1-8-6-17-10(18-7-8)9-2-4-11(13,5-3-9)12(14,15)16/h8-10H,2-7H2,1H3. The van der Waals surface area contributed by atoms with Crippen molar-refractivity contribution in [3.8, 4) is 0 Å². The van der Waals surface area contributed by atoms with Crippen molar-refractivity contribution in [2.24, 2.45) is 11.8 Å². The van der Waals surface area contributed by atoms with Crippen molar-refractivity contribution in [1.29, 1.82) is 0 Å². The van der Waals surface area contributed by atoms with Gasteiger partial charge >= 0.3 is 4.83 Å². The van der Waals surface area contributed by atoms with Crippen LogP contribution in [0.3, 0.4) is 0 Å². The molecule has 0 unspecified atom stereocenters. The molecule has 1 heterocycles. The molecule has 0 N–H and O–H groups in total. The molecule has 1 saturated carbocycles. The molecule has 2 rings (SSSR count). The van der Waals surface area contributed by atoms with Crippen LogP contribution in [-0.2, 0) is 9.47 Å². The molecule has 0 radical (unpaired) electrons. The SMILES string of the molecule is CC1COC(C2CCC(Br)(C(F)(F)Br)CC2)OC1. The summed E-state index contributed by atoms with van der Waals surface area (Å²) in [6.07, 6.45) is 2.04. The van der Waals surface area contributed by atoms with Gasteiger partial charge in [0.1, 0.15) is 0 Å². The Kier molecular flexibility index (Phi) is 4.73. The fourth-order valence-electron chi connectivity index (χ4n) is 2.54. The molecule has 0 atom stereocenters. The fourth-order valence-corrected chi connectivity index (χ4v) is 3.39. The van der Waals surface area contributed by atoms with Crippen LogP contribution in [0.2, 0.25) is 0 Å². The Morgan fingerprint density at radius 3 is 2.11 bits per heavy atom. The summed E-state index contributed by atoms with van der Waals surface area (Å²) in [6.45, 7) is 3.48. The zero-order valence-electron chi connectivity index (χ0n) is 10.3. The van der Waals surface area contributed by atoms with E-state index in [0.717, 1.165) is 0 Å².